The van der Waals surface area contributed by atoms with Crippen molar-refractivity contribution in [2.75, 3.05) is 18.6 Å². The predicted octanol–water partition coefficient (Wildman–Crippen LogP) is 2.60. The number of carbonyl (C=O) groups excluding carboxylic acids is 1. The zero-order valence-corrected chi connectivity index (χ0v) is 13.0. The summed E-state index contributed by atoms with van der Waals surface area (Å²) in [5, 5.41) is 12.1. The van der Waals surface area contributed by atoms with E-state index in [4.69, 9.17) is 0 Å². The van der Waals surface area contributed by atoms with E-state index in [1.165, 1.54) is 0 Å². The quantitative estimate of drug-likeness (QED) is 0.842. The average Bonchev–Trinajstić information content (AvgIpc) is 2.32. The number of aryl methyl sites for hydroxylation is 1. The van der Waals surface area contributed by atoms with Crippen molar-refractivity contribution in [1.82, 2.24) is 5.32 Å². The molecule has 1 aromatic rings. The molecule has 18 heavy (non-hydrogen) atoms. The lowest BCUT2D eigenvalue weighted by Crippen LogP contribution is -2.37. The van der Waals surface area contributed by atoms with E-state index in [1.807, 2.05) is 25.3 Å². The first-order valence-electron chi connectivity index (χ1n) is 5.74. The summed E-state index contributed by atoms with van der Waals surface area (Å²) in [6.07, 6.45) is 2.78. The number of aliphatic hydroxyl groups is 1. The first-order chi connectivity index (χ1) is 8.56. The van der Waals surface area contributed by atoms with Gasteiger partial charge in [-0.25, -0.2) is 0 Å². The lowest BCUT2D eigenvalue weighted by Gasteiger charge is -2.16. The Balaban J connectivity index is 2.68. The maximum atomic E-state index is 12.0. The van der Waals surface area contributed by atoms with Crippen LogP contribution in [0.25, 0.3) is 0 Å². The van der Waals surface area contributed by atoms with Gasteiger partial charge in [-0.3, -0.25) is 4.79 Å². The zero-order chi connectivity index (χ0) is 13.5. The fraction of sp³-hybridized carbons (Fsp3) is 0.462. The maximum Gasteiger partial charge on any atom is 0.251 e. The molecule has 1 rings (SSSR count). The van der Waals surface area contributed by atoms with E-state index in [0.29, 0.717) is 5.56 Å². The lowest BCUT2D eigenvalue weighted by molar-refractivity contribution is 0.0915. The molecule has 1 aromatic carbocycles. The van der Waals surface area contributed by atoms with Gasteiger partial charge in [0.1, 0.15) is 0 Å². The van der Waals surface area contributed by atoms with Gasteiger partial charge in [0.25, 0.3) is 5.91 Å². The van der Waals surface area contributed by atoms with Crippen LogP contribution in [0, 0.1) is 6.92 Å². The van der Waals surface area contributed by atoms with Crippen molar-refractivity contribution in [3.8, 4) is 0 Å². The van der Waals surface area contributed by atoms with Gasteiger partial charge >= 0.3 is 0 Å². The normalized spacial score (nSPS) is 12.2. The van der Waals surface area contributed by atoms with Gasteiger partial charge in [-0.15, -0.1) is 0 Å². The van der Waals surface area contributed by atoms with Crippen LogP contribution >= 0.6 is 27.7 Å². The van der Waals surface area contributed by atoms with Gasteiger partial charge in [-0.2, -0.15) is 11.8 Å². The van der Waals surface area contributed by atoms with Crippen LogP contribution in [-0.2, 0) is 0 Å². The van der Waals surface area contributed by atoms with Crippen LogP contribution in [0.15, 0.2) is 22.7 Å². The number of thioether (sulfide) groups is 1. The van der Waals surface area contributed by atoms with Gasteiger partial charge in [0.05, 0.1) is 12.6 Å². The Bertz CT molecular complexity index is 392. The van der Waals surface area contributed by atoms with Crippen molar-refractivity contribution in [1.29, 1.82) is 0 Å². The number of rotatable bonds is 6. The first kappa shape index (κ1) is 15.5. The molecule has 2 N–H and O–H groups in total. The highest BCUT2D eigenvalue weighted by Gasteiger charge is 2.13. The van der Waals surface area contributed by atoms with E-state index in [2.05, 4.69) is 21.2 Å². The Hall–Kier alpha value is -0.520. The zero-order valence-electron chi connectivity index (χ0n) is 10.6. The summed E-state index contributed by atoms with van der Waals surface area (Å²) < 4.78 is 0.886. The summed E-state index contributed by atoms with van der Waals surface area (Å²) in [6.45, 7) is 1.91. The molecule has 0 spiro atoms. The van der Waals surface area contributed by atoms with Crippen LogP contribution in [0.1, 0.15) is 22.3 Å². The molecule has 0 aromatic heterocycles. The van der Waals surface area contributed by atoms with E-state index in [0.717, 1.165) is 22.2 Å². The fourth-order valence-corrected chi connectivity index (χ4v) is 2.73. The highest BCUT2D eigenvalue weighted by atomic mass is 79.9. The molecule has 3 nitrogen and oxygen atoms in total. The highest BCUT2D eigenvalue weighted by Crippen LogP contribution is 2.15. The number of nitrogens with one attached hydrogen (secondary N) is 1. The first-order valence-corrected chi connectivity index (χ1v) is 7.93. The maximum absolute atomic E-state index is 12.0. The Labute approximate surface area is 120 Å². The van der Waals surface area contributed by atoms with E-state index in [1.54, 1.807) is 17.8 Å². The lowest BCUT2D eigenvalue weighted by atomic mass is 10.1. The second-order valence-corrected chi connectivity index (χ2v) is 6.05. The Morgan fingerprint density at radius 2 is 2.22 bits per heavy atom. The summed E-state index contributed by atoms with van der Waals surface area (Å²) in [6, 6.07) is 5.40. The van der Waals surface area contributed by atoms with Crippen LogP contribution < -0.4 is 5.32 Å². The third kappa shape index (κ3) is 5.00. The van der Waals surface area contributed by atoms with Crippen LogP contribution in [0.4, 0.5) is 0 Å². The fourth-order valence-electron chi connectivity index (χ4n) is 1.61. The molecule has 1 amide bonds. The van der Waals surface area contributed by atoms with Gasteiger partial charge in [-0.05, 0) is 49.1 Å². The SMILES string of the molecule is CSCCC(CO)NC(=O)c1cc(C)cc(Br)c1. The molecule has 0 heterocycles. The van der Waals surface area contributed by atoms with Crippen molar-refractivity contribution in [2.45, 2.75) is 19.4 Å². The van der Waals surface area contributed by atoms with Gasteiger partial charge in [-0.1, -0.05) is 15.9 Å². The van der Waals surface area contributed by atoms with E-state index < -0.39 is 0 Å². The minimum absolute atomic E-state index is 0.0285. The van der Waals surface area contributed by atoms with Gasteiger partial charge < -0.3 is 10.4 Å². The van der Waals surface area contributed by atoms with Crippen LogP contribution in [0.5, 0.6) is 0 Å². The number of halogens is 1. The standard InChI is InChI=1S/C13H18BrNO2S/c1-9-5-10(7-11(14)6-9)13(17)15-12(8-16)3-4-18-2/h5-7,12,16H,3-4,8H2,1-2H3,(H,15,17). The molecule has 0 radical (unpaired) electrons. The summed E-state index contributed by atoms with van der Waals surface area (Å²) in [4.78, 5) is 12.0. The topological polar surface area (TPSA) is 49.3 Å². The van der Waals surface area contributed by atoms with Crippen molar-refractivity contribution in [3.63, 3.8) is 0 Å². The van der Waals surface area contributed by atoms with Crippen molar-refractivity contribution in [3.05, 3.63) is 33.8 Å². The summed E-state index contributed by atoms with van der Waals surface area (Å²) in [5.74, 6) is 0.780. The smallest absolute Gasteiger partial charge is 0.251 e. The highest BCUT2D eigenvalue weighted by molar-refractivity contribution is 9.10. The van der Waals surface area contributed by atoms with Crippen molar-refractivity contribution >= 4 is 33.6 Å². The summed E-state index contributed by atoms with van der Waals surface area (Å²) >= 11 is 5.08. The van der Waals surface area contributed by atoms with Gasteiger partial charge in [0.2, 0.25) is 0 Å². The second-order valence-electron chi connectivity index (χ2n) is 4.15. The Kier molecular flexibility index (Phi) is 6.75. The molecule has 0 bridgehead atoms. The van der Waals surface area contributed by atoms with Crippen LogP contribution in [0.2, 0.25) is 0 Å². The molecule has 5 heteroatoms. The van der Waals surface area contributed by atoms with E-state index in [-0.39, 0.29) is 18.6 Å². The molecular weight excluding hydrogens is 314 g/mol. The number of hydrogen-bond donors (Lipinski definition) is 2. The van der Waals surface area contributed by atoms with E-state index >= 15 is 0 Å². The predicted molar refractivity (Wildman–Crippen MR) is 80.2 cm³/mol. The summed E-state index contributed by atoms with van der Waals surface area (Å²) in [5.41, 5.74) is 1.64. The molecule has 0 fully saturated rings. The van der Waals surface area contributed by atoms with Crippen molar-refractivity contribution < 1.29 is 9.90 Å². The molecule has 0 saturated heterocycles. The number of carbonyl (C=O) groups is 1. The Morgan fingerprint density at radius 3 is 2.78 bits per heavy atom. The number of benzene rings is 1. The summed E-state index contributed by atoms with van der Waals surface area (Å²) in [7, 11) is 0. The molecule has 1 atom stereocenters. The number of hydrogen-bond acceptors (Lipinski definition) is 3. The molecule has 0 aliphatic heterocycles. The minimum atomic E-state index is -0.177. The van der Waals surface area contributed by atoms with Crippen LogP contribution in [0.3, 0.4) is 0 Å². The van der Waals surface area contributed by atoms with Gasteiger partial charge in [0.15, 0.2) is 0 Å². The van der Waals surface area contributed by atoms with E-state index in [9.17, 15) is 9.90 Å². The molecule has 0 saturated carbocycles. The molecular formula is C13H18BrNO2S. The molecule has 0 aliphatic carbocycles. The van der Waals surface area contributed by atoms with Gasteiger partial charge in [0, 0.05) is 10.0 Å². The monoisotopic (exact) mass is 331 g/mol. The third-order valence-electron chi connectivity index (χ3n) is 2.53. The molecule has 0 aliphatic rings. The van der Waals surface area contributed by atoms with Crippen LogP contribution in [-0.4, -0.2) is 35.7 Å². The minimum Gasteiger partial charge on any atom is -0.394 e. The number of aliphatic hydroxyl groups excluding tert-OH is 1. The average molecular weight is 332 g/mol. The number of amides is 1. The largest absolute Gasteiger partial charge is 0.394 e. The molecule has 1 unspecified atom stereocenters. The molecule has 100 valence electrons. The van der Waals surface area contributed by atoms with Crippen molar-refractivity contribution in [2.24, 2.45) is 0 Å². The second kappa shape index (κ2) is 7.81. The Morgan fingerprint density at radius 1 is 1.50 bits per heavy atom. The third-order valence-corrected chi connectivity index (χ3v) is 3.63.